The highest BCUT2D eigenvalue weighted by Crippen LogP contribution is 2.29. The van der Waals surface area contributed by atoms with Crippen molar-refractivity contribution in [2.45, 2.75) is 44.7 Å². The maximum Gasteiger partial charge on any atom is 0.254 e. The van der Waals surface area contributed by atoms with E-state index >= 15 is 0 Å². The van der Waals surface area contributed by atoms with Gasteiger partial charge < -0.3 is 4.90 Å². The van der Waals surface area contributed by atoms with E-state index in [9.17, 15) is 9.18 Å². The first-order valence-electron chi connectivity index (χ1n) is 9.12. The molecule has 0 saturated carbocycles. The number of rotatable bonds is 4. The summed E-state index contributed by atoms with van der Waals surface area (Å²) in [7, 11) is 0. The number of likely N-dealkylation sites (tertiary alicyclic amines) is 1. The minimum atomic E-state index is -0.213. The van der Waals surface area contributed by atoms with Gasteiger partial charge in [0.15, 0.2) is 0 Å². The molecule has 1 fully saturated rings. The number of aryl methyl sites for hydroxylation is 1. The maximum absolute atomic E-state index is 13.1. The summed E-state index contributed by atoms with van der Waals surface area (Å²) in [6, 6.07) is 12.8. The van der Waals surface area contributed by atoms with E-state index in [1.54, 1.807) is 6.20 Å². The third-order valence-electron chi connectivity index (χ3n) is 5.39. The Morgan fingerprint density at radius 2 is 2.04 bits per heavy atom. The molecule has 0 bridgehead atoms. The summed E-state index contributed by atoms with van der Waals surface area (Å²) in [6.07, 6.45) is 5.53. The highest BCUT2D eigenvalue weighted by molar-refractivity contribution is 5.98. The zero-order valence-corrected chi connectivity index (χ0v) is 14.8. The summed E-state index contributed by atoms with van der Waals surface area (Å²) in [4.78, 5) is 15.2. The molecule has 26 heavy (non-hydrogen) atoms. The van der Waals surface area contributed by atoms with Crippen LogP contribution >= 0.6 is 0 Å². The third kappa shape index (κ3) is 3.21. The smallest absolute Gasteiger partial charge is 0.254 e. The molecule has 0 radical (unpaired) electrons. The lowest BCUT2D eigenvalue weighted by molar-refractivity contribution is 0.0673. The van der Waals surface area contributed by atoms with Gasteiger partial charge in [-0.2, -0.15) is 5.10 Å². The van der Waals surface area contributed by atoms with Crippen LogP contribution in [0.1, 0.15) is 42.1 Å². The van der Waals surface area contributed by atoms with E-state index in [4.69, 9.17) is 0 Å². The summed E-state index contributed by atoms with van der Waals surface area (Å²) in [5.74, 6) is -0.128. The molecule has 4 nitrogen and oxygen atoms in total. The van der Waals surface area contributed by atoms with Crippen LogP contribution in [-0.2, 0) is 6.42 Å². The number of halogens is 1. The Bertz CT molecular complexity index is 918. The molecule has 134 valence electrons. The number of benzene rings is 2. The van der Waals surface area contributed by atoms with Gasteiger partial charge in [-0.05, 0) is 68.5 Å². The van der Waals surface area contributed by atoms with Crippen LogP contribution in [-0.4, -0.2) is 33.1 Å². The molecule has 5 heteroatoms. The first-order valence-corrected chi connectivity index (χ1v) is 9.12. The SMILES string of the molecule is C[C@@H]1CC[C@H](CCc2ccc(F)cc2)N1C(=O)c1ccc2[nH]ncc2c1. The van der Waals surface area contributed by atoms with E-state index < -0.39 is 0 Å². The van der Waals surface area contributed by atoms with Crippen molar-refractivity contribution in [2.75, 3.05) is 0 Å². The lowest BCUT2D eigenvalue weighted by Crippen LogP contribution is -2.40. The topological polar surface area (TPSA) is 49.0 Å². The molecule has 1 aliphatic heterocycles. The first kappa shape index (κ1) is 16.8. The van der Waals surface area contributed by atoms with Crippen LogP contribution in [0.3, 0.4) is 0 Å². The van der Waals surface area contributed by atoms with Gasteiger partial charge in [-0.25, -0.2) is 4.39 Å². The zero-order valence-electron chi connectivity index (χ0n) is 14.8. The number of amides is 1. The summed E-state index contributed by atoms with van der Waals surface area (Å²) in [5, 5.41) is 7.88. The van der Waals surface area contributed by atoms with Gasteiger partial charge in [0.1, 0.15) is 5.82 Å². The van der Waals surface area contributed by atoms with Gasteiger partial charge in [-0.3, -0.25) is 9.89 Å². The Hall–Kier alpha value is -2.69. The van der Waals surface area contributed by atoms with Crippen molar-refractivity contribution in [3.05, 3.63) is 65.6 Å². The lowest BCUT2D eigenvalue weighted by atomic mass is 10.0. The van der Waals surface area contributed by atoms with E-state index in [2.05, 4.69) is 17.1 Å². The van der Waals surface area contributed by atoms with Crippen LogP contribution in [0.15, 0.2) is 48.7 Å². The lowest BCUT2D eigenvalue weighted by Gasteiger charge is -2.29. The molecule has 0 unspecified atom stereocenters. The minimum absolute atomic E-state index is 0.0854. The summed E-state index contributed by atoms with van der Waals surface area (Å²) >= 11 is 0. The van der Waals surface area contributed by atoms with Crippen molar-refractivity contribution in [3.8, 4) is 0 Å². The molecule has 4 rings (SSSR count). The second kappa shape index (κ2) is 6.90. The van der Waals surface area contributed by atoms with Crippen LogP contribution in [0.5, 0.6) is 0 Å². The summed E-state index contributed by atoms with van der Waals surface area (Å²) in [6.45, 7) is 2.12. The van der Waals surface area contributed by atoms with Crippen molar-refractivity contribution in [3.63, 3.8) is 0 Å². The number of carbonyl (C=O) groups is 1. The molecule has 0 aliphatic carbocycles. The molecule has 1 N–H and O–H groups in total. The number of H-pyrrole nitrogens is 1. The van der Waals surface area contributed by atoms with Gasteiger partial charge in [0.05, 0.1) is 11.7 Å². The van der Waals surface area contributed by atoms with E-state index in [-0.39, 0.29) is 23.8 Å². The van der Waals surface area contributed by atoms with Gasteiger partial charge in [0, 0.05) is 23.0 Å². The molecule has 2 heterocycles. The molecule has 1 amide bonds. The van der Waals surface area contributed by atoms with Crippen molar-refractivity contribution < 1.29 is 9.18 Å². The van der Waals surface area contributed by atoms with Gasteiger partial charge >= 0.3 is 0 Å². The molecule has 1 aliphatic rings. The molecule has 1 aromatic heterocycles. The van der Waals surface area contributed by atoms with Crippen LogP contribution in [0.4, 0.5) is 4.39 Å². The molecular formula is C21H22FN3O. The van der Waals surface area contributed by atoms with E-state index in [1.807, 2.05) is 35.2 Å². The van der Waals surface area contributed by atoms with E-state index in [1.165, 1.54) is 12.1 Å². The van der Waals surface area contributed by atoms with Crippen LogP contribution in [0.2, 0.25) is 0 Å². The van der Waals surface area contributed by atoms with Crippen LogP contribution in [0, 0.1) is 5.82 Å². The van der Waals surface area contributed by atoms with Crippen molar-refractivity contribution in [1.29, 1.82) is 0 Å². The summed E-state index contributed by atoms with van der Waals surface area (Å²) < 4.78 is 13.1. The standard InChI is InChI=1S/C21H22FN3O/c1-14-2-9-19(10-5-15-3-7-18(22)8-4-15)25(14)21(26)16-6-11-20-17(12-16)13-23-24-20/h3-4,6-8,11-14,19H,2,5,9-10H2,1H3,(H,23,24)/t14-,19-/m1/s1. The second-order valence-electron chi connectivity index (χ2n) is 7.13. The highest BCUT2D eigenvalue weighted by Gasteiger charge is 2.34. The maximum atomic E-state index is 13.1. The third-order valence-corrected chi connectivity index (χ3v) is 5.39. The number of nitrogens with one attached hydrogen (secondary N) is 1. The first-order chi connectivity index (χ1) is 12.6. The van der Waals surface area contributed by atoms with Crippen LogP contribution < -0.4 is 0 Å². The number of nitrogens with zero attached hydrogens (tertiary/aromatic N) is 2. The Kier molecular flexibility index (Phi) is 4.45. The highest BCUT2D eigenvalue weighted by atomic mass is 19.1. The van der Waals surface area contributed by atoms with Gasteiger partial charge in [-0.15, -0.1) is 0 Å². The molecule has 0 spiro atoms. The predicted molar refractivity (Wildman–Crippen MR) is 99.5 cm³/mol. The molecular weight excluding hydrogens is 329 g/mol. The average molecular weight is 351 g/mol. The van der Waals surface area contributed by atoms with E-state index in [0.717, 1.165) is 42.1 Å². The monoisotopic (exact) mass is 351 g/mol. The van der Waals surface area contributed by atoms with Gasteiger partial charge in [0.25, 0.3) is 5.91 Å². The quantitative estimate of drug-likeness (QED) is 0.761. The Balaban J connectivity index is 1.50. The average Bonchev–Trinajstić information content (AvgIpc) is 3.26. The number of aromatic nitrogens is 2. The fraction of sp³-hybridized carbons (Fsp3) is 0.333. The molecule has 2 atom stereocenters. The predicted octanol–water partition coefficient (Wildman–Crippen LogP) is 4.33. The number of hydrogen-bond donors (Lipinski definition) is 1. The van der Waals surface area contributed by atoms with Gasteiger partial charge in [0.2, 0.25) is 0 Å². The largest absolute Gasteiger partial charge is 0.333 e. The molecule has 2 aromatic carbocycles. The Morgan fingerprint density at radius 3 is 2.85 bits per heavy atom. The Morgan fingerprint density at radius 1 is 1.23 bits per heavy atom. The number of aromatic amines is 1. The summed E-state index contributed by atoms with van der Waals surface area (Å²) in [5.41, 5.74) is 2.75. The zero-order chi connectivity index (χ0) is 18.1. The van der Waals surface area contributed by atoms with E-state index in [0.29, 0.717) is 5.56 Å². The van der Waals surface area contributed by atoms with Crippen molar-refractivity contribution in [1.82, 2.24) is 15.1 Å². The normalized spacial score (nSPS) is 20.0. The van der Waals surface area contributed by atoms with Crippen LogP contribution in [0.25, 0.3) is 10.9 Å². The Labute approximate surface area is 152 Å². The number of fused-ring (bicyclic) bond motifs is 1. The fourth-order valence-electron chi connectivity index (χ4n) is 3.93. The van der Waals surface area contributed by atoms with Crippen molar-refractivity contribution in [2.24, 2.45) is 0 Å². The van der Waals surface area contributed by atoms with Gasteiger partial charge in [-0.1, -0.05) is 12.1 Å². The second-order valence-corrected chi connectivity index (χ2v) is 7.13. The minimum Gasteiger partial charge on any atom is -0.333 e. The number of carbonyl (C=O) groups excluding carboxylic acids is 1. The fourth-order valence-corrected chi connectivity index (χ4v) is 3.93. The van der Waals surface area contributed by atoms with Crippen molar-refractivity contribution >= 4 is 16.8 Å². The molecule has 3 aromatic rings. The molecule has 1 saturated heterocycles. The number of hydrogen-bond acceptors (Lipinski definition) is 2.